The molecule has 7 heteroatoms. The minimum Gasteiger partial charge on any atom is -0.304 e. The van der Waals surface area contributed by atoms with E-state index in [0.717, 1.165) is 8.68 Å². The van der Waals surface area contributed by atoms with Crippen molar-refractivity contribution in [1.82, 2.24) is 20.0 Å². The van der Waals surface area contributed by atoms with Crippen LogP contribution in [0.2, 0.25) is 0 Å². The number of rotatable bonds is 2. The average Bonchev–Trinajstić information content (AvgIpc) is 2.82. The summed E-state index contributed by atoms with van der Waals surface area (Å²) in [4.78, 5) is 4.72. The fourth-order valence-corrected chi connectivity index (χ4v) is 3.12. The van der Waals surface area contributed by atoms with Crippen LogP contribution in [0.3, 0.4) is 0 Å². The predicted octanol–water partition coefficient (Wildman–Crippen LogP) is 1.85. The summed E-state index contributed by atoms with van der Waals surface area (Å²) in [6.07, 6.45) is 4.01. The Kier molecular flexibility index (Phi) is 7.45. The normalized spacial score (nSPS) is 17.6. The quantitative estimate of drug-likeness (QED) is 0.774. The smallest absolute Gasteiger partial charge is 0.174 e. The zero-order valence-electron chi connectivity index (χ0n) is 10.8. The van der Waals surface area contributed by atoms with Crippen molar-refractivity contribution in [2.24, 2.45) is 0 Å². The molecule has 0 bridgehead atoms. The predicted molar refractivity (Wildman–Crippen MR) is 78.5 cm³/mol. The minimum absolute atomic E-state index is 1.04. The van der Waals surface area contributed by atoms with E-state index >= 15 is 0 Å². The highest BCUT2D eigenvalue weighted by Gasteiger charge is 2.07. The molecule has 4 nitrogen and oxygen atoms in total. The van der Waals surface area contributed by atoms with Crippen LogP contribution in [0.25, 0.3) is 0 Å². The van der Waals surface area contributed by atoms with Crippen molar-refractivity contribution in [1.29, 1.82) is 0 Å². The number of likely N-dealkylation sites (N-methyl/N-ethyl adjacent to an activating group) is 2. The molecule has 0 spiro atoms. The van der Waals surface area contributed by atoms with Gasteiger partial charge in [-0.2, -0.15) is 0 Å². The number of nitrogens with zero attached hydrogens (tertiary/aromatic N) is 4. The lowest BCUT2D eigenvalue weighted by Crippen LogP contribution is -2.42. The first-order chi connectivity index (χ1) is 8.15. The van der Waals surface area contributed by atoms with Gasteiger partial charge in [0.15, 0.2) is 8.68 Å². The first kappa shape index (κ1) is 15.2. The van der Waals surface area contributed by atoms with Crippen LogP contribution in [0.15, 0.2) is 8.68 Å². The van der Waals surface area contributed by atoms with Crippen molar-refractivity contribution in [3.8, 4) is 0 Å². The molecule has 0 aromatic carbocycles. The fourth-order valence-electron chi connectivity index (χ4n) is 1.27. The van der Waals surface area contributed by atoms with Gasteiger partial charge in [-0.15, -0.1) is 10.2 Å². The van der Waals surface area contributed by atoms with Gasteiger partial charge in [-0.1, -0.05) is 34.9 Å². The van der Waals surface area contributed by atoms with Gasteiger partial charge in [0.1, 0.15) is 0 Å². The molecule has 2 heterocycles. The number of aromatic nitrogens is 2. The summed E-state index contributed by atoms with van der Waals surface area (Å²) in [5.41, 5.74) is 0. The summed E-state index contributed by atoms with van der Waals surface area (Å²) in [5.74, 6) is 0. The Morgan fingerprint density at radius 2 is 1.24 bits per heavy atom. The maximum atomic E-state index is 3.92. The van der Waals surface area contributed by atoms with Gasteiger partial charge in [0, 0.05) is 26.2 Å². The third kappa shape index (κ3) is 6.05. The molecule has 0 saturated carbocycles. The summed E-state index contributed by atoms with van der Waals surface area (Å²) in [5, 5.41) is 7.83. The molecule has 0 atom stereocenters. The van der Waals surface area contributed by atoms with E-state index in [-0.39, 0.29) is 0 Å². The largest absolute Gasteiger partial charge is 0.304 e. The van der Waals surface area contributed by atoms with E-state index in [2.05, 4.69) is 34.1 Å². The van der Waals surface area contributed by atoms with Crippen LogP contribution in [-0.4, -0.2) is 72.8 Å². The zero-order chi connectivity index (χ0) is 12.7. The molecule has 98 valence electrons. The van der Waals surface area contributed by atoms with Crippen molar-refractivity contribution in [3.05, 3.63) is 0 Å². The van der Waals surface area contributed by atoms with Gasteiger partial charge in [0.2, 0.25) is 0 Å². The molecule has 0 unspecified atom stereocenters. The van der Waals surface area contributed by atoms with E-state index in [0.29, 0.717) is 0 Å². The number of hydrogen-bond donors (Lipinski definition) is 0. The molecule has 1 aromatic rings. The summed E-state index contributed by atoms with van der Waals surface area (Å²) in [7, 11) is 4.35. The molecule has 17 heavy (non-hydrogen) atoms. The molecular formula is C10H20N4S3. The molecular weight excluding hydrogens is 272 g/mol. The standard InChI is InChI=1S/C6H14N2.C4H6N2S3/c1-7-3-5-8(2)6-4-7;1-7-3-5-6-4(8-2)9-3/h3-6H2,1-2H3;1-2H3. The third-order valence-electron chi connectivity index (χ3n) is 2.46. The molecule has 0 amide bonds. The van der Waals surface area contributed by atoms with E-state index in [4.69, 9.17) is 0 Å². The highest BCUT2D eigenvalue weighted by Crippen LogP contribution is 2.25. The van der Waals surface area contributed by atoms with E-state index < -0.39 is 0 Å². The van der Waals surface area contributed by atoms with Crippen molar-refractivity contribution >= 4 is 34.9 Å². The highest BCUT2D eigenvalue weighted by atomic mass is 32.2. The van der Waals surface area contributed by atoms with Crippen molar-refractivity contribution < 1.29 is 0 Å². The summed E-state index contributed by atoms with van der Waals surface area (Å²) in [6.45, 7) is 4.93. The van der Waals surface area contributed by atoms with Crippen molar-refractivity contribution in [3.63, 3.8) is 0 Å². The van der Waals surface area contributed by atoms with Gasteiger partial charge < -0.3 is 9.80 Å². The Bertz CT molecular complexity index is 282. The second-order valence-electron chi connectivity index (χ2n) is 3.85. The van der Waals surface area contributed by atoms with Gasteiger partial charge in [0.05, 0.1) is 0 Å². The lowest BCUT2D eigenvalue weighted by molar-refractivity contribution is 0.181. The van der Waals surface area contributed by atoms with E-state index in [1.807, 2.05) is 12.5 Å². The van der Waals surface area contributed by atoms with Gasteiger partial charge in [-0.25, -0.2) is 0 Å². The molecule has 1 aliphatic rings. The van der Waals surface area contributed by atoms with Gasteiger partial charge >= 0.3 is 0 Å². The first-order valence-corrected chi connectivity index (χ1v) is 8.71. The lowest BCUT2D eigenvalue weighted by Gasteiger charge is -2.28. The van der Waals surface area contributed by atoms with Crippen LogP contribution >= 0.6 is 34.9 Å². The molecule has 1 fully saturated rings. The SMILES string of the molecule is CN1CCN(C)CC1.CSc1nnc(SC)s1. The summed E-state index contributed by atoms with van der Waals surface area (Å²) >= 11 is 4.91. The molecule has 1 saturated heterocycles. The van der Waals surface area contributed by atoms with Crippen LogP contribution in [0.5, 0.6) is 0 Å². The molecule has 0 N–H and O–H groups in total. The van der Waals surface area contributed by atoms with Gasteiger partial charge in [-0.05, 0) is 26.6 Å². The minimum atomic E-state index is 1.04. The van der Waals surface area contributed by atoms with Crippen molar-refractivity contribution in [2.75, 3.05) is 52.8 Å². The van der Waals surface area contributed by atoms with E-state index in [9.17, 15) is 0 Å². The average molecular weight is 292 g/mol. The third-order valence-corrected chi connectivity index (χ3v) is 5.34. The maximum absolute atomic E-state index is 3.92. The van der Waals surface area contributed by atoms with E-state index in [1.54, 1.807) is 34.9 Å². The van der Waals surface area contributed by atoms with Crippen LogP contribution in [0.4, 0.5) is 0 Å². The Morgan fingerprint density at radius 3 is 1.47 bits per heavy atom. The molecule has 2 rings (SSSR count). The summed E-state index contributed by atoms with van der Waals surface area (Å²) in [6, 6.07) is 0. The Labute approximate surface area is 116 Å². The lowest BCUT2D eigenvalue weighted by atomic mass is 10.4. The molecule has 0 aliphatic carbocycles. The second kappa shape index (κ2) is 8.31. The molecule has 0 radical (unpaired) electrons. The van der Waals surface area contributed by atoms with Gasteiger partial charge in [0.25, 0.3) is 0 Å². The van der Waals surface area contributed by atoms with E-state index in [1.165, 1.54) is 26.2 Å². The Hall–Kier alpha value is 0.180. The highest BCUT2D eigenvalue weighted by molar-refractivity contribution is 8.02. The van der Waals surface area contributed by atoms with Crippen molar-refractivity contribution in [2.45, 2.75) is 8.68 Å². The summed E-state index contributed by atoms with van der Waals surface area (Å²) < 4.78 is 2.08. The number of hydrogen-bond acceptors (Lipinski definition) is 7. The number of thioether (sulfide) groups is 2. The molecule has 1 aliphatic heterocycles. The zero-order valence-corrected chi connectivity index (χ0v) is 13.3. The number of piperazine rings is 1. The molecule has 1 aromatic heterocycles. The second-order valence-corrected chi connectivity index (χ2v) is 6.93. The fraction of sp³-hybridized carbons (Fsp3) is 0.800. The first-order valence-electron chi connectivity index (χ1n) is 5.44. The monoisotopic (exact) mass is 292 g/mol. The van der Waals surface area contributed by atoms with Crippen LogP contribution in [0, 0.1) is 0 Å². The van der Waals surface area contributed by atoms with Crippen LogP contribution in [0.1, 0.15) is 0 Å². The van der Waals surface area contributed by atoms with Gasteiger partial charge in [-0.3, -0.25) is 0 Å². The Morgan fingerprint density at radius 1 is 0.882 bits per heavy atom. The van der Waals surface area contributed by atoms with Crippen LogP contribution < -0.4 is 0 Å². The van der Waals surface area contributed by atoms with Crippen LogP contribution in [-0.2, 0) is 0 Å². The topological polar surface area (TPSA) is 32.3 Å². The maximum Gasteiger partial charge on any atom is 0.174 e. The Balaban J connectivity index is 0.000000171.